The molecule has 0 aliphatic carbocycles. The van der Waals surface area contributed by atoms with Gasteiger partial charge >= 0.3 is 12.1 Å². The zero-order valence-electron chi connectivity index (χ0n) is 23.8. The third-order valence-corrected chi connectivity index (χ3v) is 6.36. The highest BCUT2D eigenvalue weighted by molar-refractivity contribution is 6.24. The van der Waals surface area contributed by atoms with Crippen molar-refractivity contribution in [2.75, 3.05) is 25.5 Å². The van der Waals surface area contributed by atoms with Crippen LogP contribution in [0.25, 0.3) is 0 Å². The van der Waals surface area contributed by atoms with Gasteiger partial charge in [-0.05, 0) is 74.7 Å². The summed E-state index contributed by atoms with van der Waals surface area (Å²) in [5.41, 5.74) is 4.46. The zero-order valence-corrected chi connectivity index (χ0v) is 23.8. The van der Waals surface area contributed by atoms with Gasteiger partial charge in [0.1, 0.15) is 11.5 Å². The van der Waals surface area contributed by atoms with E-state index < -0.39 is 23.6 Å². The number of esters is 1. The van der Waals surface area contributed by atoms with Gasteiger partial charge in [-0.3, -0.25) is 9.79 Å². The van der Waals surface area contributed by atoms with E-state index in [0.717, 1.165) is 35.3 Å². The van der Waals surface area contributed by atoms with Crippen LogP contribution in [0.2, 0.25) is 0 Å². The number of aliphatic imine (C=N–C) groups is 1. The van der Waals surface area contributed by atoms with Crippen molar-refractivity contribution in [3.05, 3.63) is 95.1 Å². The molecule has 1 unspecified atom stereocenters. The largest absolute Gasteiger partial charge is 0.465 e. The van der Waals surface area contributed by atoms with E-state index in [-0.39, 0.29) is 5.91 Å². The van der Waals surface area contributed by atoms with Gasteiger partial charge in [-0.2, -0.15) is 0 Å². The molecular weight excluding hydrogens is 520 g/mol. The Kier molecular flexibility index (Phi) is 9.52. The minimum Gasteiger partial charge on any atom is -0.465 e. The molecule has 1 heterocycles. The number of hydrogen-bond donors (Lipinski definition) is 3. The van der Waals surface area contributed by atoms with Gasteiger partial charge < -0.3 is 25.4 Å². The highest BCUT2D eigenvalue weighted by atomic mass is 16.6. The van der Waals surface area contributed by atoms with Crippen molar-refractivity contribution >= 4 is 35.1 Å². The third kappa shape index (κ3) is 8.02. The molecule has 0 radical (unpaired) electrons. The van der Waals surface area contributed by atoms with Crippen LogP contribution in [0, 0.1) is 0 Å². The van der Waals surface area contributed by atoms with E-state index in [4.69, 9.17) is 14.5 Å². The smallest absolute Gasteiger partial charge is 0.407 e. The van der Waals surface area contributed by atoms with Gasteiger partial charge in [-0.25, -0.2) is 9.59 Å². The first-order valence-electron chi connectivity index (χ1n) is 13.6. The molecule has 1 aliphatic heterocycles. The minimum atomic E-state index is -0.630. The second-order valence-corrected chi connectivity index (χ2v) is 10.7. The average Bonchev–Trinajstić information content (AvgIpc) is 3.28. The van der Waals surface area contributed by atoms with Crippen molar-refractivity contribution in [2.45, 2.75) is 45.3 Å². The molecular formula is C32H36N4O5. The van der Waals surface area contributed by atoms with Crippen molar-refractivity contribution in [1.82, 2.24) is 10.6 Å². The first-order chi connectivity index (χ1) is 19.6. The van der Waals surface area contributed by atoms with E-state index in [9.17, 15) is 14.4 Å². The first kappa shape index (κ1) is 29.5. The predicted octanol–water partition coefficient (Wildman–Crippen LogP) is 5.33. The Morgan fingerprint density at radius 1 is 0.951 bits per heavy atom. The maximum atomic E-state index is 13.2. The maximum Gasteiger partial charge on any atom is 0.407 e. The summed E-state index contributed by atoms with van der Waals surface area (Å²) in [6.45, 7) is 7.44. The highest BCUT2D eigenvalue weighted by Gasteiger charge is 2.36. The van der Waals surface area contributed by atoms with Crippen LogP contribution in [-0.4, -0.2) is 49.5 Å². The summed E-state index contributed by atoms with van der Waals surface area (Å²) in [4.78, 5) is 41.8. The van der Waals surface area contributed by atoms with Crippen LogP contribution in [0.5, 0.6) is 0 Å². The Morgan fingerprint density at radius 3 is 2.37 bits per heavy atom. The summed E-state index contributed by atoms with van der Waals surface area (Å²) in [5, 5.41) is 9.03. The lowest BCUT2D eigenvalue weighted by Gasteiger charge is -2.19. The molecule has 1 aliphatic rings. The summed E-state index contributed by atoms with van der Waals surface area (Å²) in [5.74, 6) is -1.30. The van der Waals surface area contributed by atoms with Crippen LogP contribution in [0.3, 0.4) is 0 Å². The number of benzene rings is 3. The number of nitrogens with one attached hydrogen (secondary N) is 3. The van der Waals surface area contributed by atoms with Gasteiger partial charge in [0.05, 0.1) is 24.1 Å². The second kappa shape index (κ2) is 13.2. The predicted molar refractivity (Wildman–Crippen MR) is 159 cm³/mol. The number of ether oxygens (including phenoxy) is 2. The molecule has 3 N–H and O–H groups in total. The number of rotatable bonds is 10. The lowest BCUT2D eigenvalue weighted by molar-refractivity contribution is -0.115. The van der Waals surface area contributed by atoms with Crippen LogP contribution in [0.15, 0.2) is 77.8 Å². The van der Waals surface area contributed by atoms with Crippen LogP contribution in [0.4, 0.5) is 16.2 Å². The van der Waals surface area contributed by atoms with Crippen molar-refractivity contribution in [3.8, 4) is 0 Å². The van der Waals surface area contributed by atoms with Gasteiger partial charge in [0, 0.05) is 18.8 Å². The number of nitrogens with zero attached hydrogens (tertiary/aromatic N) is 1. The molecule has 2 amide bonds. The van der Waals surface area contributed by atoms with Crippen molar-refractivity contribution < 1.29 is 23.9 Å². The van der Waals surface area contributed by atoms with E-state index in [0.29, 0.717) is 30.1 Å². The van der Waals surface area contributed by atoms with Gasteiger partial charge in [0.15, 0.2) is 0 Å². The molecule has 3 aromatic rings. The number of methoxy groups -OCH3 is 1. The number of carbonyl (C=O) groups is 3. The lowest BCUT2D eigenvalue weighted by Crippen LogP contribution is -2.33. The summed E-state index contributed by atoms with van der Waals surface area (Å²) in [6, 6.07) is 22.5. The Bertz CT molecular complexity index is 1410. The molecule has 0 bridgehead atoms. The summed E-state index contributed by atoms with van der Waals surface area (Å²) in [6.07, 6.45) is 0.363. The summed E-state index contributed by atoms with van der Waals surface area (Å²) < 4.78 is 10.1. The van der Waals surface area contributed by atoms with Crippen molar-refractivity contribution in [1.29, 1.82) is 0 Å². The van der Waals surface area contributed by atoms with E-state index in [1.165, 1.54) is 7.11 Å². The molecule has 214 valence electrons. The molecule has 41 heavy (non-hydrogen) atoms. The molecule has 1 atom stereocenters. The molecule has 0 aromatic heterocycles. The highest BCUT2D eigenvalue weighted by Crippen LogP contribution is 2.37. The van der Waals surface area contributed by atoms with E-state index >= 15 is 0 Å². The Balaban J connectivity index is 1.43. The fourth-order valence-corrected chi connectivity index (χ4v) is 4.46. The monoisotopic (exact) mass is 556 g/mol. The molecule has 0 saturated carbocycles. The fourth-order valence-electron chi connectivity index (χ4n) is 4.46. The number of alkyl carbamates (subject to hydrolysis) is 1. The molecule has 0 saturated heterocycles. The number of hydrogen-bond acceptors (Lipinski definition) is 7. The molecule has 9 heteroatoms. The van der Waals surface area contributed by atoms with E-state index in [1.807, 2.05) is 75.4 Å². The van der Waals surface area contributed by atoms with Gasteiger partial charge in [-0.1, -0.05) is 48.5 Å². The standard InChI is InChI=1S/C32H36N4O5/c1-32(2,3)41-31(39)34-18-8-17-33-20-21-11-14-24(15-12-21)35-28(22-9-6-5-7-10-22)27-25-16-13-23(30(38)40-4)19-26(25)36-29(27)37/h5-7,9-16,19,27,33H,8,17-18,20H2,1-4H3,(H,34,39)(H,36,37). The number of amides is 2. The quantitative estimate of drug-likeness (QED) is 0.176. The van der Waals surface area contributed by atoms with E-state index in [2.05, 4.69) is 16.0 Å². The van der Waals surface area contributed by atoms with Crippen LogP contribution >= 0.6 is 0 Å². The van der Waals surface area contributed by atoms with Crippen LogP contribution in [0.1, 0.15) is 60.2 Å². The SMILES string of the molecule is COC(=O)c1ccc2c(c1)NC(=O)C2C(=Nc1ccc(CNCCCNC(=O)OC(C)(C)C)cc1)c1ccccc1. The van der Waals surface area contributed by atoms with E-state index in [1.54, 1.807) is 18.2 Å². The van der Waals surface area contributed by atoms with Gasteiger partial charge in [0.25, 0.3) is 0 Å². The topological polar surface area (TPSA) is 118 Å². The van der Waals surface area contributed by atoms with Gasteiger partial charge in [-0.15, -0.1) is 0 Å². The van der Waals surface area contributed by atoms with Gasteiger partial charge in [0.2, 0.25) is 5.91 Å². The van der Waals surface area contributed by atoms with Crippen molar-refractivity contribution in [3.63, 3.8) is 0 Å². The maximum absolute atomic E-state index is 13.2. The first-order valence-corrected chi connectivity index (χ1v) is 13.6. The Hall–Kier alpha value is -4.50. The molecule has 3 aromatic carbocycles. The van der Waals surface area contributed by atoms with Crippen LogP contribution < -0.4 is 16.0 Å². The zero-order chi connectivity index (χ0) is 29.4. The number of carbonyl (C=O) groups excluding carboxylic acids is 3. The lowest BCUT2D eigenvalue weighted by atomic mass is 9.90. The normalized spacial score (nSPS) is 14.7. The second-order valence-electron chi connectivity index (χ2n) is 10.7. The summed E-state index contributed by atoms with van der Waals surface area (Å²) in [7, 11) is 1.32. The Morgan fingerprint density at radius 2 is 1.68 bits per heavy atom. The molecule has 4 rings (SSSR count). The number of anilines is 1. The molecule has 0 spiro atoms. The fraction of sp³-hybridized carbons (Fsp3) is 0.312. The van der Waals surface area contributed by atoms with Crippen molar-refractivity contribution in [2.24, 2.45) is 4.99 Å². The summed E-state index contributed by atoms with van der Waals surface area (Å²) >= 11 is 0. The Labute approximate surface area is 240 Å². The minimum absolute atomic E-state index is 0.202. The average molecular weight is 557 g/mol. The third-order valence-electron chi connectivity index (χ3n) is 6.36. The van der Waals surface area contributed by atoms with Crippen LogP contribution in [-0.2, 0) is 20.8 Å². The molecule has 9 nitrogen and oxygen atoms in total. The number of fused-ring (bicyclic) bond motifs is 1. The molecule has 0 fully saturated rings.